The van der Waals surface area contributed by atoms with Gasteiger partial charge in [0, 0.05) is 23.3 Å². The molecule has 0 bridgehead atoms. The number of aromatic nitrogens is 3. The molecule has 1 aliphatic carbocycles. The maximum absolute atomic E-state index is 13.0. The molecular weight excluding hydrogens is 424 g/mol. The molecule has 6 rings (SSSR count). The molecule has 3 heterocycles. The molecule has 3 aromatic rings. The Hall–Kier alpha value is -4.01. The molecule has 1 aromatic heterocycles. The number of nitrogens with zero attached hydrogens (tertiary/aromatic N) is 3. The molecule has 0 saturated heterocycles. The number of hydrogen-bond acceptors (Lipinski definition) is 8. The summed E-state index contributed by atoms with van der Waals surface area (Å²) in [6, 6.07) is 10.9. The number of allylic oxidation sites excluding steroid dienone is 2. The summed E-state index contributed by atoms with van der Waals surface area (Å²) in [6.07, 6.45) is 2.13. The van der Waals surface area contributed by atoms with E-state index in [2.05, 4.69) is 5.32 Å². The van der Waals surface area contributed by atoms with Gasteiger partial charge in [-0.25, -0.2) is 4.68 Å². The summed E-state index contributed by atoms with van der Waals surface area (Å²) < 4.78 is 23.6. The van der Waals surface area contributed by atoms with E-state index in [-0.39, 0.29) is 12.6 Å². The van der Waals surface area contributed by atoms with Crippen molar-refractivity contribution in [1.29, 1.82) is 0 Å². The molecule has 0 saturated carbocycles. The van der Waals surface area contributed by atoms with E-state index in [1.54, 1.807) is 18.9 Å². The first-order chi connectivity index (χ1) is 16.2. The molecule has 1 atom stereocenters. The first-order valence-corrected chi connectivity index (χ1v) is 10.8. The summed E-state index contributed by atoms with van der Waals surface area (Å²) >= 11 is 0. The average Bonchev–Trinajstić information content (AvgIpc) is 3.48. The minimum atomic E-state index is -0.403. The number of nitrogens with one attached hydrogen (secondary N) is 1. The van der Waals surface area contributed by atoms with Crippen molar-refractivity contribution in [2.75, 3.05) is 26.3 Å². The van der Waals surface area contributed by atoms with Gasteiger partial charge in [0.15, 0.2) is 34.6 Å². The lowest BCUT2D eigenvalue weighted by Crippen LogP contribution is -2.31. The van der Waals surface area contributed by atoms with Crippen molar-refractivity contribution in [3.8, 4) is 34.4 Å². The van der Waals surface area contributed by atoms with Crippen LogP contribution in [0, 0.1) is 0 Å². The van der Waals surface area contributed by atoms with E-state index in [0.717, 1.165) is 35.2 Å². The van der Waals surface area contributed by atoms with E-state index in [1.807, 2.05) is 36.4 Å². The molecule has 0 unspecified atom stereocenters. The Labute approximate surface area is 189 Å². The Balaban J connectivity index is 1.49. The fourth-order valence-electron chi connectivity index (χ4n) is 4.65. The molecular formula is C24H22N4O5. The second kappa shape index (κ2) is 7.54. The van der Waals surface area contributed by atoms with Crippen LogP contribution in [-0.4, -0.2) is 41.6 Å². The summed E-state index contributed by atoms with van der Waals surface area (Å²) in [5.41, 5.74) is 3.32. The fourth-order valence-corrected chi connectivity index (χ4v) is 4.65. The van der Waals surface area contributed by atoms with Crippen LogP contribution in [0.1, 0.15) is 30.9 Å². The Morgan fingerprint density at radius 2 is 1.88 bits per heavy atom. The second-order valence-electron chi connectivity index (χ2n) is 8.08. The number of ketones is 1. The highest BCUT2D eigenvalue weighted by atomic mass is 16.7. The summed E-state index contributed by atoms with van der Waals surface area (Å²) in [5, 5.41) is 8.18. The van der Waals surface area contributed by atoms with E-state index >= 15 is 0 Å². The zero-order chi connectivity index (χ0) is 22.5. The maximum Gasteiger partial charge on any atom is 0.231 e. The van der Waals surface area contributed by atoms with Crippen molar-refractivity contribution in [2.45, 2.75) is 25.3 Å². The van der Waals surface area contributed by atoms with Gasteiger partial charge in [-0.05, 0) is 48.7 Å². The minimum Gasteiger partial charge on any atom is -0.493 e. The van der Waals surface area contributed by atoms with Crippen molar-refractivity contribution in [3.63, 3.8) is 0 Å². The van der Waals surface area contributed by atoms with Gasteiger partial charge in [0.05, 0.1) is 14.2 Å². The van der Waals surface area contributed by atoms with Crippen molar-refractivity contribution < 1.29 is 23.7 Å². The van der Waals surface area contributed by atoms with Crippen LogP contribution < -0.4 is 24.3 Å². The molecule has 2 aliphatic heterocycles. The van der Waals surface area contributed by atoms with Crippen molar-refractivity contribution in [2.24, 2.45) is 0 Å². The predicted molar refractivity (Wildman–Crippen MR) is 119 cm³/mol. The number of anilines is 1. The van der Waals surface area contributed by atoms with Crippen molar-refractivity contribution in [1.82, 2.24) is 14.8 Å². The largest absolute Gasteiger partial charge is 0.493 e. The number of benzene rings is 2. The zero-order valence-corrected chi connectivity index (χ0v) is 18.3. The van der Waals surface area contributed by atoms with E-state index in [0.29, 0.717) is 41.2 Å². The number of carbonyl (C=O) groups is 1. The Morgan fingerprint density at radius 1 is 1.03 bits per heavy atom. The molecule has 168 valence electrons. The standard InChI is InChI=1S/C24H22N4O5/c1-30-17-8-7-14(11-19(17)31-2)23-26-24-25-15-4-3-5-16(29)21(15)22(28(24)27-23)13-6-9-18-20(10-13)33-12-32-18/h6-11,22H,3-5,12H2,1-2H3,(H,25,26,27)/t22-/m0/s1. The molecule has 9 heteroatoms. The smallest absolute Gasteiger partial charge is 0.231 e. The van der Waals surface area contributed by atoms with Crippen LogP contribution in [0.3, 0.4) is 0 Å². The highest BCUT2D eigenvalue weighted by molar-refractivity contribution is 5.99. The van der Waals surface area contributed by atoms with Gasteiger partial charge in [-0.3, -0.25) is 4.79 Å². The quantitative estimate of drug-likeness (QED) is 0.648. The van der Waals surface area contributed by atoms with Gasteiger partial charge >= 0.3 is 0 Å². The highest BCUT2D eigenvalue weighted by Gasteiger charge is 2.37. The Bertz CT molecular complexity index is 1310. The zero-order valence-electron chi connectivity index (χ0n) is 18.3. The molecule has 33 heavy (non-hydrogen) atoms. The van der Waals surface area contributed by atoms with Crippen LogP contribution in [0.2, 0.25) is 0 Å². The number of Topliss-reactive ketones (excluding diaryl/α,β-unsaturated/α-hetero) is 1. The molecule has 0 fully saturated rings. The van der Waals surface area contributed by atoms with Crippen LogP contribution in [-0.2, 0) is 4.79 Å². The van der Waals surface area contributed by atoms with Crippen LogP contribution in [0.5, 0.6) is 23.0 Å². The Morgan fingerprint density at radius 3 is 2.73 bits per heavy atom. The fraction of sp³-hybridized carbons (Fsp3) is 0.292. The first-order valence-electron chi connectivity index (χ1n) is 10.8. The van der Waals surface area contributed by atoms with Gasteiger partial charge < -0.3 is 24.3 Å². The summed E-state index contributed by atoms with van der Waals surface area (Å²) in [4.78, 5) is 17.8. The van der Waals surface area contributed by atoms with Gasteiger partial charge in [-0.1, -0.05) is 6.07 Å². The van der Waals surface area contributed by atoms with Crippen LogP contribution in [0.15, 0.2) is 47.7 Å². The highest BCUT2D eigenvalue weighted by Crippen LogP contribution is 2.43. The third-order valence-corrected chi connectivity index (χ3v) is 6.22. The molecule has 0 radical (unpaired) electrons. The average molecular weight is 446 g/mol. The number of rotatable bonds is 4. The number of ether oxygens (including phenoxy) is 4. The number of methoxy groups -OCH3 is 2. The second-order valence-corrected chi connectivity index (χ2v) is 8.08. The van der Waals surface area contributed by atoms with Gasteiger partial charge in [0.25, 0.3) is 0 Å². The lowest BCUT2D eigenvalue weighted by molar-refractivity contribution is -0.116. The summed E-state index contributed by atoms with van der Waals surface area (Å²) in [7, 11) is 3.19. The molecule has 2 aromatic carbocycles. The first kappa shape index (κ1) is 19.7. The van der Waals surface area contributed by atoms with E-state index in [4.69, 9.17) is 29.0 Å². The third kappa shape index (κ3) is 3.11. The van der Waals surface area contributed by atoms with Gasteiger partial charge in [0.2, 0.25) is 12.7 Å². The summed E-state index contributed by atoms with van der Waals surface area (Å²) in [6.45, 7) is 0.190. The Kier molecular flexibility index (Phi) is 4.49. The third-order valence-electron chi connectivity index (χ3n) is 6.22. The number of carbonyl (C=O) groups excluding carboxylic acids is 1. The normalized spacial score (nSPS) is 18.5. The van der Waals surface area contributed by atoms with Gasteiger partial charge in [0.1, 0.15) is 6.04 Å². The minimum absolute atomic E-state index is 0.125. The predicted octanol–water partition coefficient (Wildman–Crippen LogP) is 3.71. The number of hydrogen-bond donors (Lipinski definition) is 1. The van der Waals surface area contributed by atoms with Crippen LogP contribution >= 0.6 is 0 Å². The molecule has 9 nitrogen and oxygen atoms in total. The molecule has 0 spiro atoms. The van der Waals surface area contributed by atoms with E-state index < -0.39 is 6.04 Å². The summed E-state index contributed by atoms with van der Waals surface area (Å²) in [5.74, 6) is 3.83. The van der Waals surface area contributed by atoms with Crippen LogP contribution in [0.4, 0.5) is 5.95 Å². The van der Waals surface area contributed by atoms with E-state index in [1.165, 1.54) is 0 Å². The molecule has 1 N–H and O–H groups in total. The van der Waals surface area contributed by atoms with E-state index in [9.17, 15) is 4.79 Å². The topological polar surface area (TPSA) is 96.7 Å². The maximum atomic E-state index is 13.0. The lowest BCUT2D eigenvalue weighted by atomic mass is 9.85. The SMILES string of the molecule is COc1ccc(-c2nc3n(n2)[C@@H](c2ccc4c(c2)OCO4)C2=C(CCCC2=O)N3)cc1OC. The van der Waals surface area contributed by atoms with Gasteiger partial charge in [-0.15, -0.1) is 5.10 Å². The van der Waals surface area contributed by atoms with Crippen LogP contribution in [0.25, 0.3) is 11.4 Å². The van der Waals surface area contributed by atoms with Gasteiger partial charge in [-0.2, -0.15) is 4.98 Å². The van der Waals surface area contributed by atoms with Crippen molar-refractivity contribution >= 4 is 11.7 Å². The lowest BCUT2D eigenvalue weighted by Gasteiger charge is -2.32. The molecule has 3 aliphatic rings. The number of fused-ring (bicyclic) bond motifs is 2. The monoisotopic (exact) mass is 446 g/mol. The van der Waals surface area contributed by atoms with Crippen molar-refractivity contribution in [3.05, 3.63) is 53.2 Å². The molecule has 0 amide bonds.